The Morgan fingerprint density at radius 2 is 2.26 bits per heavy atom. The number of carboxylic acid groups (broad SMARTS) is 1. The van der Waals surface area contributed by atoms with Gasteiger partial charge in [0.05, 0.1) is 5.56 Å². The lowest BCUT2D eigenvalue weighted by molar-refractivity contribution is 0.0697. The molecule has 104 valence electrons. The molecular weight excluding hydrogens is 310 g/mol. The molecule has 0 bridgehead atoms. The molecule has 1 saturated carbocycles. The molecule has 0 aliphatic heterocycles. The van der Waals surface area contributed by atoms with Gasteiger partial charge in [-0.3, -0.25) is 0 Å². The molecule has 19 heavy (non-hydrogen) atoms. The summed E-state index contributed by atoms with van der Waals surface area (Å²) in [6, 6.07) is 5.39. The van der Waals surface area contributed by atoms with E-state index in [2.05, 4.69) is 21.2 Å². The van der Waals surface area contributed by atoms with Gasteiger partial charge < -0.3 is 15.2 Å². The number of anilines is 1. The molecule has 0 atom stereocenters. The standard InChI is InChI=1S/C14H18BrNO3/c1-19-8-7-14(5-6-14)9-16-11-4-2-3-10(15)12(11)13(17)18/h2-4,16H,5-9H2,1H3,(H,17,18). The van der Waals surface area contributed by atoms with E-state index in [1.807, 2.05) is 6.07 Å². The van der Waals surface area contributed by atoms with Gasteiger partial charge in [0.1, 0.15) is 0 Å². The van der Waals surface area contributed by atoms with Crippen LogP contribution < -0.4 is 5.32 Å². The molecule has 0 heterocycles. The van der Waals surface area contributed by atoms with E-state index in [0.717, 1.165) is 19.6 Å². The average molecular weight is 328 g/mol. The summed E-state index contributed by atoms with van der Waals surface area (Å²) in [6.07, 6.45) is 3.38. The predicted molar refractivity (Wildman–Crippen MR) is 77.8 cm³/mol. The Morgan fingerprint density at radius 3 is 2.84 bits per heavy atom. The highest BCUT2D eigenvalue weighted by molar-refractivity contribution is 9.10. The van der Waals surface area contributed by atoms with Gasteiger partial charge in [-0.05, 0) is 52.7 Å². The molecule has 0 amide bonds. The quantitative estimate of drug-likeness (QED) is 0.806. The highest BCUT2D eigenvalue weighted by Gasteiger charge is 2.41. The van der Waals surface area contributed by atoms with E-state index in [9.17, 15) is 9.90 Å². The van der Waals surface area contributed by atoms with Crippen LogP contribution in [0.1, 0.15) is 29.6 Å². The molecule has 1 fully saturated rings. The van der Waals surface area contributed by atoms with Gasteiger partial charge in [0, 0.05) is 30.4 Å². The monoisotopic (exact) mass is 327 g/mol. The molecule has 0 spiro atoms. The Balaban J connectivity index is 2.04. The van der Waals surface area contributed by atoms with Crippen LogP contribution in [0.5, 0.6) is 0 Å². The van der Waals surface area contributed by atoms with Gasteiger partial charge >= 0.3 is 5.97 Å². The number of hydrogen-bond acceptors (Lipinski definition) is 3. The maximum absolute atomic E-state index is 11.3. The summed E-state index contributed by atoms with van der Waals surface area (Å²) in [4.78, 5) is 11.3. The third-order valence-corrected chi connectivity index (χ3v) is 4.34. The van der Waals surface area contributed by atoms with Crippen LogP contribution in [-0.4, -0.2) is 31.3 Å². The Kier molecular flexibility index (Phi) is 4.47. The van der Waals surface area contributed by atoms with E-state index in [1.165, 1.54) is 12.8 Å². The lowest BCUT2D eigenvalue weighted by Gasteiger charge is -2.18. The zero-order valence-electron chi connectivity index (χ0n) is 10.9. The van der Waals surface area contributed by atoms with Gasteiger partial charge in [-0.2, -0.15) is 0 Å². The molecule has 0 aromatic heterocycles. The van der Waals surface area contributed by atoms with Crippen LogP contribution in [0.25, 0.3) is 0 Å². The topological polar surface area (TPSA) is 58.6 Å². The number of ether oxygens (including phenoxy) is 1. The molecule has 1 aliphatic carbocycles. The van der Waals surface area contributed by atoms with Crippen LogP contribution in [0.3, 0.4) is 0 Å². The first-order chi connectivity index (χ1) is 9.08. The van der Waals surface area contributed by atoms with Gasteiger partial charge in [0.25, 0.3) is 0 Å². The molecule has 0 radical (unpaired) electrons. The molecule has 1 aromatic carbocycles. The fourth-order valence-corrected chi connectivity index (χ4v) is 2.72. The van der Waals surface area contributed by atoms with Crippen molar-refractivity contribution in [2.75, 3.05) is 25.6 Å². The van der Waals surface area contributed by atoms with E-state index in [0.29, 0.717) is 15.7 Å². The van der Waals surface area contributed by atoms with Crippen molar-refractivity contribution >= 4 is 27.6 Å². The summed E-state index contributed by atoms with van der Waals surface area (Å²) >= 11 is 3.28. The van der Waals surface area contributed by atoms with E-state index < -0.39 is 5.97 Å². The minimum absolute atomic E-state index is 0.286. The number of aromatic carboxylic acids is 1. The van der Waals surface area contributed by atoms with Crippen molar-refractivity contribution in [3.8, 4) is 0 Å². The van der Waals surface area contributed by atoms with Crippen LogP contribution in [0.2, 0.25) is 0 Å². The molecule has 2 N–H and O–H groups in total. The third kappa shape index (κ3) is 3.48. The highest BCUT2D eigenvalue weighted by atomic mass is 79.9. The van der Waals surface area contributed by atoms with Gasteiger partial charge in [-0.15, -0.1) is 0 Å². The van der Waals surface area contributed by atoms with Crippen LogP contribution in [-0.2, 0) is 4.74 Å². The summed E-state index contributed by atoms with van der Waals surface area (Å²) in [5, 5.41) is 12.5. The lowest BCUT2D eigenvalue weighted by Crippen LogP contribution is -2.18. The molecule has 0 unspecified atom stereocenters. The number of hydrogen-bond donors (Lipinski definition) is 2. The van der Waals surface area contributed by atoms with Crippen molar-refractivity contribution in [1.29, 1.82) is 0 Å². The summed E-state index contributed by atoms with van der Waals surface area (Å²) in [6.45, 7) is 1.55. The first-order valence-corrected chi connectivity index (χ1v) is 7.12. The van der Waals surface area contributed by atoms with Crippen molar-refractivity contribution in [2.45, 2.75) is 19.3 Å². The van der Waals surface area contributed by atoms with Crippen LogP contribution >= 0.6 is 15.9 Å². The molecular formula is C14H18BrNO3. The normalized spacial score (nSPS) is 16.1. The SMILES string of the molecule is COCCC1(CNc2cccc(Br)c2C(=O)O)CC1. The number of carbonyl (C=O) groups is 1. The second kappa shape index (κ2) is 5.92. The van der Waals surface area contributed by atoms with Crippen molar-refractivity contribution < 1.29 is 14.6 Å². The highest BCUT2D eigenvalue weighted by Crippen LogP contribution is 2.48. The van der Waals surface area contributed by atoms with Gasteiger partial charge in [-0.25, -0.2) is 4.79 Å². The number of carboxylic acids is 1. The molecule has 4 nitrogen and oxygen atoms in total. The minimum Gasteiger partial charge on any atom is -0.478 e. The number of nitrogens with one attached hydrogen (secondary N) is 1. The summed E-state index contributed by atoms with van der Waals surface area (Å²) in [5.74, 6) is -0.920. The number of benzene rings is 1. The van der Waals surface area contributed by atoms with Crippen molar-refractivity contribution in [3.05, 3.63) is 28.2 Å². The largest absolute Gasteiger partial charge is 0.478 e. The first kappa shape index (κ1) is 14.3. The summed E-state index contributed by atoms with van der Waals surface area (Å²) < 4.78 is 5.72. The molecule has 2 rings (SSSR count). The minimum atomic E-state index is -0.920. The van der Waals surface area contributed by atoms with E-state index in [-0.39, 0.29) is 5.41 Å². The second-order valence-corrected chi connectivity index (χ2v) is 5.92. The molecule has 5 heteroatoms. The number of rotatable bonds is 7. The first-order valence-electron chi connectivity index (χ1n) is 6.33. The zero-order chi connectivity index (χ0) is 13.9. The lowest BCUT2D eigenvalue weighted by atomic mass is 10.0. The summed E-state index contributed by atoms with van der Waals surface area (Å²) in [7, 11) is 1.71. The van der Waals surface area contributed by atoms with Crippen molar-refractivity contribution in [1.82, 2.24) is 0 Å². The van der Waals surface area contributed by atoms with Gasteiger partial charge in [0.2, 0.25) is 0 Å². The molecule has 0 saturated heterocycles. The Labute approximate surface area is 121 Å². The van der Waals surface area contributed by atoms with E-state index >= 15 is 0 Å². The maximum atomic E-state index is 11.3. The fraction of sp³-hybridized carbons (Fsp3) is 0.500. The third-order valence-electron chi connectivity index (χ3n) is 3.67. The maximum Gasteiger partial charge on any atom is 0.338 e. The van der Waals surface area contributed by atoms with Crippen LogP contribution in [0.15, 0.2) is 22.7 Å². The van der Waals surface area contributed by atoms with Crippen molar-refractivity contribution in [3.63, 3.8) is 0 Å². The Hall–Kier alpha value is -1.07. The van der Waals surface area contributed by atoms with E-state index in [1.54, 1.807) is 19.2 Å². The fourth-order valence-electron chi connectivity index (χ4n) is 2.18. The average Bonchev–Trinajstić information content (AvgIpc) is 3.14. The van der Waals surface area contributed by atoms with Crippen molar-refractivity contribution in [2.24, 2.45) is 5.41 Å². The van der Waals surface area contributed by atoms with Crippen LogP contribution in [0.4, 0.5) is 5.69 Å². The second-order valence-electron chi connectivity index (χ2n) is 5.06. The summed E-state index contributed by atoms with van der Waals surface area (Å²) in [5.41, 5.74) is 1.25. The van der Waals surface area contributed by atoms with Gasteiger partial charge in [-0.1, -0.05) is 6.07 Å². The number of halogens is 1. The van der Waals surface area contributed by atoms with Crippen LogP contribution in [0, 0.1) is 5.41 Å². The Morgan fingerprint density at radius 1 is 1.53 bits per heavy atom. The smallest absolute Gasteiger partial charge is 0.338 e. The number of methoxy groups -OCH3 is 1. The Bertz CT molecular complexity index is 472. The van der Waals surface area contributed by atoms with E-state index in [4.69, 9.17) is 4.74 Å². The zero-order valence-corrected chi connectivity index (χ0v) is 12.5. The van der Waals surface area contributed by atoms with Gasteiger partial charge in [0.15, 0.2) is 0 Å². The molecule has 1 aliphatic rings. The molecule has 1 aromatic rings. The predicted octanol–water partition coefficient (Wildman–Crippen LogP) is 3.38.